The highest BCUT2D eigenvalue weighted by Gasteiger charge is 2.31. The Balaban J connectivity index is 1.57. The third-order valence-electron chi connectivity index (χ3n) is 4.38. The van der Waals surface area contributed by atoms with Gasteiger partial charge < -0.3 is 5.32 Å². The molecule has 0 bridgehead atoms. The van der Waals surface area contributed by atoms with Crippen molar-refractivity contribution in [1.29, 1.82) is 0 Å². The smallest absolute Gasteiger partial charge is 0.0331 e. The van der Waals surface area contributed by atoms with Crippen LogP contribution in [0.4, 0.5) is 0 Å². The molecular formula is C16H26N2S. The predicted molar refractivity (Wildman–Crippen MR) is 82.7 cm³/mol. The average molecular weight is 278 g/mol. The second-order valence-electron chi connectivity index (χ2n) is 6.09. The van der Waals surface area contributed by atoms with Crippen LogP contribution in [0.5, 0.6) is 0 Å². The molecule has 3 heteroatoms. The molecule has 1 saturated carbocycles. The Labute approximate surface area is 121 Å². The van der Waals surface area contributed by atoms with Gasteiger partial charge >= 0.3 is 0 Å². The third-order valence-corrected chi connectivity index (χ3v) is 5.59. The normalized spacial score (nSPS) is 24.0. The first-order chi connectivity index (χ1) is 9.35. The fourth-order valence-electron chi connectivity index (χ4n) is 3.09. The van der Waals surface area contributed by atoms with Crippen LogP contribution in [0.25, 0.3) is 0 Å². The van der Waals surface area contributed by atoms with Gasteiger partial charge in [0, 0.05) is 28.9 Å². The molecule has 0 amide bonds. The van der Waals surface area contributed by atoms with Gasteiger partial charge in [-0.3, -0.25) is 4.90 Å². The molecule has 1 saturated heterocycles. The van der Waals surface area contributed by atoms with Crippen molar-refractivity contribution in [1.82, 2.24) is 10.2 Å². The van der Waals surface area contributed by atoms with Crippen molar-refractivity contribution >= 4 is 11.3 Å². The number of nitrogens with zero attached hydrogens (tertiary/aromatic N) is 1. The lowest BCUT2D eigenvalue weighted by Gasteiger charge is -2.30. The van der Waals surface area contributed by atoms with Crippen LogP contribution in [0.3, 0.4) is 0 Å². The van der Waals surface area contributed by atoms with E-state index in [9.17, 15) is 0 Å². The number of aryl methyl sites for hydroxylation is 1. The number of hydrogen-bond donors (Lipinski definition) is 1. The summed E-state index contributed by atoms with van der Waals surface area (Å²) < 4.78 is 0. The number of rotatable bonds is 6. The highest BCUT2D eigenvalue weighted by molar-refractivity contribution is 7.11. The quantitative estimate of drug-likeness (QED) is 0.859. The molecule has 1 aliphatic carbocycles. The number of nitrogens with one attached hydrogen (secondary N) is 1. The highest BCUT2D eigenvalue weighted by atomic mass is 32.1. The molecule has 0 aromatic carbocycles. The van der Waals surface area contributed by atoms with Gasteiger partial charge in [0.25, 0.3) is 0 Å². The van der Waals surface area contributed by atoms with Crippen LogP contribution in [0.2, 0.25) is 0 Å². The van der Waals surface area contributed by atoms with E-state index in [4.69, 9.17) is 0 Å². The Kier molecular flexibility index (Phi) is 4.57. The van der Waals surface area contributed by atoms with E-state index in [2.05, 4.69) is 29.3 Å². The summed E-state index contributed by atoms with van der Waals surface area (Å²) in [4.78, 5) is 5.85. The molecule has 1 unspecified atom stereocenters. The second-order valence-corrected chi connectivity index (χ2v) is 7.35. The molecule has 1 N–H and O–H groups in total. The van der Waals surface area contributed by atoms with E-state index < -0.39 is 0 Å². The Morgan fingerprint density at radius 2 is 2.11 bits per heavy atom. The Bertz CT molecular complexity index is 391. The van der Waals surface area contributed by atoms with Crippen LogP contribution in [0.15, 0.2) is 12.1 Å². The van der Waals surface area contributed by atoms with Crippen molar-refractivity contribution in [2.75, 3.05) is 19.6 Å². The molecule has 106 valence electrons. The van der Waals surface area contributed by atoms with Crippen LogP contribution >= 0.6 is 11.3 Å². The van der Waals surface area contributed by atoms with Crippen molar-refractivity contribution in [3.05, 3.63) is 21.9 Å². The maximum atomic E-state index is 3.55. The van der Waals surface area contributed by atoms with Crippen LogP contribution in [0.1, 0.15) is 42.4 Å². The summed E-state index contributed by atoms with van der Waals surface area (Å²) in [5.74, 6) is 0.875. The van der Waals surface area contributed by atoms with E-state index in [1.54, 1.807) is 4.88 Å². The van der Waals surface area contributed by atoms with Crippen LogP contribution in [-0.4, -0.2) is 30.6 Å². The van der Waals surface area contributed by atoms with Crippen molar-refractivity contribution < 1.29 is 0 Å². The fourth-order valence-corrected chi connectivity index (χ4v) is 4.08. The number of thiophene rings is 1. The molecular weight excluding hydrogens is 252 g/mol. The lowest BCUT2D eigenvalue weighted by atomic mass is 9.99. The lowest BCUT2D eigenvalue weighted by molar-refractivity contribution is 0.194. The molecule has 1 aromatic rings. The summed E-state index contributed by atoms with van der Waals surface area (Å²) in [5.41, 5.74) is 0. The molecule has 2 heterocycles. The molecule has 1 aromatic heterocycles. The third kappa shape index (κ3) is 3.80. The van der Waals surface area contributed by atoms with Gasteiger partial charge in [0.1, 0.15) is 0 Å². The minimum absolute atomic E-state index is 0.875. The summed E-state index contributed by atoms with van der Waals surface area (Å²) in [5, 5.41) is 3.55. The Morgan fingerprint density at radius 1 is 1.26 bits per heavy atom. The van der Waals surface area contributed by atoms with Gasteiger partial charge in [0.2, 0.25) is 0 Å². The first-order valence-corrected chi connectivity index (χ1v) is 8.69. The minimum Gasteiger partial charge on any atom is -0.316 e. The summed E-state index contributed by atoms with van der Waals surface area (Å²) in [7, 11) is 0. The molecule has 0 spiro atoms. The largest absolute Gasteiger partial charge is 0.316 e. The fraction of sp³-hybridized carbons (Fsp3) is 0.750. The summed E-state index contributed by atoms with van der Waals surface area (Å²) >= 11 is 2.01. The van der Waals surface area contributed by atoms with Gasteiger partial charge in [0.05, 0.1) is 0 Å². The topological polar surface area (TPSA) is 15.3 Å². The lowest BCUT2D eigenvalue weighted by Crippen LogP contribution is -2.38. The van der Waals surface area contributed by atoms with Gasteiger partial charge in [-0.1, -0.05) is 6.92 Å². The number of piperidine rings is 1. The van der Waals surface area contributed by atoms with Gasteiger partial charge in [-0.2, -0.15) is 0 Å². The highest BCUT2D eigenvalue weighted by Crippen LogP contribution is 2.31. The second kappa shape index (κ2) is 6.38. The molecule has 1 aliphatic heterocycles. The molecule has 3 rings (SSSR count). The first-order valence-electron chi connectivity index (χ1n) is 7.87. The molecule has 0 radical (unpaired) electrons. The minimum atomic E-state index is 0.875. The zero-order valence-corrected chi connectivity index (χ0v) is 12.8. The molecule has 2 fully saturated rings. The van der Waals surface area contributed by atoms with Gasteiger partial charge in [-0.15, -0.1) is 11.3 Å². The Morgan fingerprint density at radius 3 is 2.74 bits per heavy atom. The monoisotopic (exact) mass is 278 g/mol. The summed E-state index contributed by atoms with van der Waals surface area (Å²) in [6.07, 6.45) is 6.81. The first kappa shape index (κ1) is 13.6. The van der Waals surface area contributed by atoms with Crippen molar-refractivity contribution in [3.8, 4) is 0 Å². The van der Waals surface area contributed by atoms with Gasteiger partial charge in [-0.05, 0) is 63.2 Å². The maximum absolute atomic E-state index is 3.55. The van der Waals surface area contributed by atoms with Crippen molar-refractivity contribution in [2.24, 2.45) is 5.92 Å². The van der Waals surface area contributed by atoms with Crippen LogP contribution < -0.4 is 5.32 Å². The molecule has 2 nitrogen and oxygen atoms in total. The zero-order chi connectivity index (χ0) is 13.1. The van der Waals surface area contributed by atoms with E-state index in [-0.39, 0.29) is 0 Å². The van der Waals surface area contributed by atoms with E-state index in [0.717, 1.165) is 12.0 Å². The van der Waals surface area contributed by atoms with Gasteiger partial charge in [-0.25, -0.2) is 0 Å². The number of hydrogen-bond acceptors (Lipinski definition) is 3. The van der Waals surface area contributed by atoms with E-state index in [1.807, 2.05) is 11.3 Å². The average Bonchev–Trinajstić information content (AvgIpc) is 3.20. The molecule has 1 atom stereocenters. The van der Waals surface area contributed by atoms with Crippen molar-refractivity contribution in [2.45, 2.75) is 51.6 Å². The van der Waals surface area contributed by atoms with Crippen molar-refractivity contribution in [3.63, 3.8) is 0 Å². The Hall–Kier alpha value is -0.380. The van der Waals surface area contributed by atoms with E-state index >= 15 is 0 Å². The van der Waals surface area contributed by atoms with Gasteiger partial charge in [0.15, 0.2) is 0 Å². The zero-order valence-electron chi connectivity index (χ0n) is 12.0. The SMILES string of the molecule is CCc1ccc(CN(CC2CCCNC2)C2CC2)s1. The molecule has 19 heavy (non-hydrogen) atoms. The summed E-state index contributed by atoms with van der Waals surface area (Å²) in [6, 6.07) is 5.54. The summed E-state index contributed by atoms with van der Waals surface area (Å²) in [6.45, 7) is 7.20. The van der Waals surface area contributed by atoms with Crippen LogP contribution in [-0.2, 0) is 13.0 Å². The van der Waals surface area contributed by atoms with E-state index in [0.29, 0.717) is 0 Å². The van der Waals surface area contributed by atoms with E-state index in [1.165, 1.54) is 63.2 Å². The molecule has 2 aliphatic rings. The standard InChI is InChI=1S/C16H26N2S/c1-2-15-7-8-16(19-15)12-18(14-5-6-14)11-13-4-3-9-17-10-13/h7-8,13-14,17H,2-6,9-12H2,1H3. The predicted octanol–water partition coefficient (Wildman–Crippen LogP) is 3.27. The maximum Gasteiger partial charge on any atom is 0.0331 e. The van der Waals surface area contributed by atoms with Crippen LogP contribution in [0, 0.1) is 5.92 Å².